The fourth-order valence-corrected chi connectivity index (χ4v) is 1.64. The van der Waals surface area contributed by atoms with Crippen molar-refractivity contribution in [3.05, 3.63) is 35.1 Å². The third-order valence-electron chi connectivity index (χ3n) is 2.34. The molecule has 1 aliphatic heterocycles. The second-order valence-corrected chi connectivity index (χ2v) is 3.40. The van der Waals surface area contributed by atoms with Gasteiger partial charge in [0.15, 0.2) is 0 Å². The zero-order chi connectivity index (χ0) is 8.55. The molecule has 0 fully saturated rings. The summed E-state index contributed by atoms with van der Waals surface area (Å²) in [4.78, 5) is 0. The molecule has 1 nitrogen and oxygen atoms in total. The average molecular weight is 165 g/mol. The summed E-state index contributed by atoms with van der Waals surface area (Å²) in [5.41, 5.74) is 2.38. The second-order valence-electron chi connectivity index (χ2n) is 3.40. The van der Waals surface area contributed by atoms with Gasteiger partial charge in [0.25, 0.3) is 0 Å². The van der Waals surface area contributed by atoms with E-state index in [0.717, 1.165) is 18.5 Å². The van der Waals surface area contributed by atoms with E-state index in [4.69, 9.17) is 0 Å². The first-order chi connectivity index (χ1) is 5.75. The molecule has 1 N–H and O–H groups in total. The third-order valence-corrected chi connectivity index (χ3v) is 2.34. The molecular formula is C10H12FN. The molecule has 2 rings (SSSR count). The predicted octanol–water partition coefficient (Wildman–Crippen LogP) is 1.86. The Morgan fingerprint density at radius 1 is 1.42 bits per heavy atom. The monoisotopic (exact) mass is 165 g/mol. The van der Waals surface area contributed by atoms with E-state index in [1.54, 1.807) is 6.07 Å². The van der Waals surface area contributed by atoms with E-state index in [9.17, 15) is 4.39 Å². The molecule has 0 saturated heterocycles. The Labute approximate surface area is 71.6 Å². The maximum Gasteiger partial charge on any atom is 0.123 e. The van der Waals surface area contributed by atoms with Crippen molar-refractivity contribution >= 4 is 0 Å². The van der Waals surface area contributed by atoms with Crippen LogP contribution in [0.1, 0.15) is 18.1 Å². The Bertz CT molecular complexity index is 296. The first-order valence-electron chi connectivity index (χ1n) is 4.26. The Morgan fingerprint density at radius 3 is 3.08 bits per heavy atom. The Kier molecular flexibility index (Phi) is 1.85. The topological polar surface area (TPSA) is 12.0 Å². The molecule has 1 aliphatic rings. The third kappa shape index (κ3) is 1.34. The molecule has 0 aliphatic carbocycles. The highest BCUT2D eigenvalue weighted by atomic mass is 19.1. The number of hydrogen-bond donors (Lipinski definition) is 1. The van der Waals surface area contributed by atoms with Crippen LogP contribution in [0.15, 0.2) is 18.2 Å². The van der Waals surface area contributed by atoms with Gasteiger partial charge >= 0.3 is 0 Å². The zero-order valence-corrected chi connectivity index (χ0v) is 7.10. The van der Waals surface area contributed by atoms with Crippen molar-refractivity contribution in [2.45, 2.75) is 25.9 Å². The Balaban J connectivity index is 2.37. The van der Waals surface area contributed by atoms with E-state index >= 15 is 0 Å². The number of rotatable bonds is 0. The summed E-state index contributed by atoms with van der Waals surface area (Å²) in [6.45, 7) is 2.94. The summed E-state index contributed by atoms with van der Waals surface area (Å²) in [7, 11) is 0. The van der Waals surface area contributed by atoms with Crippen molar-refractivity contribution in [1.82, 2.24) is 5.32 Å². The summed E-state index contributed by atoms with van der Waals surface area (Å²) >= 11 is 0. The summed E-state index contributed by atoms with van der Waals surface area (Å²) in [6.07, 6.45) is 1.01. The largest absolute Gasteiger partial charge is 0.310 e. The first-order valence-corrected chi connectivity index (χ1v) is 4.26. The van der Waals surface area contributed by atoms with Crippen LogP contribution in [0.3, 0.4) is 0 Å². The molecule has 0 radical (unpaired) electrons. The minimum atomic E-state index is -0.134. The lowest BCUT2D eigenvalue weighted by Gasteiger charge is -2.22. The van der Waals surface area contributed by atoms with Gasteiger partial charge in [-0.05, 0) is 36.6 Å². The lowest BCUT2D eigenvalue weighted by atomic mass is 9.97. The molecule has 0 spiro atoms. The smallest absolute Gasteiger partial charge is 0.123 e. The van der Waals surface area contributed by atoms with Crippen molar-refractivity contribution in [2.24, 2.45) is 0 Å². The lowest BCUT2D eigenvalue weighted by Crippen LogP contribution is -2.32. The van der Waals surface area contributed by atoms with E-state index in [0.29, 0.717) is 6.04 Å². The quantitative estimate of drug-likeness (QED) is 0.618. The van der Waals surface area contributed by atoms with Crippen LogP contribution < -0.4 is 5.32 Å². The molecule has 64 valence electrons. The average Bonchev–Trinajstić information content (AvgIpc) is 2.05. The van der Waals surface area contributed by atoms with Crippen molar-refractivity contribution in [1.29, 1.82) is 0 Å². The molecule has 0 unspecified atom stereocenters. The van der Waals surface area contributed by atoms with E-state index in [-0.39, 0.29) is 5.82 Å². The van der Waals surface area contributed by atoms with Crippen LogP contribution in [-0.4, -0.2) is 6.04 Å². The Morgan fingerprint density at radius 2 is 2.25 bits per heavy atom. The molecule has 0 amide bonds. The van der Waals surface area contributed by atoms with Gasteiger partial charge in [-0.3, -0.25) is 0 Å². The zero-order valence-electron chi connectivity index (χ0n) is 7.10. The van der Waals surface area contributed by atoms with Gasteiger partial charge in [-0.15, -0.1) is 0 Å². The SMILES string of the molecule is C[C@@H]1Cc2ccc(F)cc2CN1. The fraction of sp³-hybridized carbons (Fsp3) is 0.400. The summed E-state index contributed by atoms with van der Waals surface area (Å²) < 4.78 is 12.8. The van der Waals surface area contributed by atoms with Gasteiger partial charge in [-0.1, -0.05) is 6.07 Å². The van der Waals surface area contributed by atoms with Gasteiger partial charge < -0.3 is 5.32 Å². The minimum absolute atomic E-state index is 0.134. The molecule has 1 aromatic rings. The normalized spacial score (nSPS) is 22.0. The highest BCUT2D eigenvalue weighted by molar-refractivity contribution is 5.30. The van der Waals surface area contributed by atoms with Crippen LogP contribution in [0.2, 0.25) is 0 Å². The van der Waals surface area contributed by atoms with Gasteiger partial charge in [0.05, 0.1) is 0 Å². The van der Waals surface area contributed by atoms with Gasteiger partial charge in [-0.25, -0.2) is 4.39 Å². The fourth-order valence-electron chi connectivity index (χ4n) is 1.64. The number of hydrogen-bond acceptors (Lipinski definition) is 1. The first kappa shape index (κ1) is 7.74. The van der Waals surface area contributed by atoms with Crippen molar-refractivity contribution in [3.63, 3.8) is 0 Å². The van der Waals surface area contributed by atoms with E-state index < -0.39 is 0 Å². The Hall–Kier alpha value is -0.890. The van der Waals surface area contributed by atoms with Crippen LogP contribution >= 0.6 is 0 Å². The molecule has 12 heavy (non-hydrogen) atoms. The highest BCUT2D eigenvalue weighted by Gasteiger charge is 2.13. The van der Waals surface area contributed by atoms with Crippen molar-refractivity contribution in [3.8, 4) is 0 Å². The summed E-state index contributed by atoms with van der Waals surface area (Å²) in [5, 5.41) is 3.30. The van der Waals surface area contributed by atoms with Gasteiger partial charge in [-0.2, -0.15) is 0 Å². The number of fused-ring (bicyclic) bond motifs is 1. The minimum Gasteiger partial charge on any atom is -0.310 e. The predicted molar refractivity (Wildman–Crippen MR) is 46.4 cm³/mol. The molecule has 1 aromatic carbocycles. The van der Waals surface area contributed by atoms with Gasteiger partial charge in [0.1, 0.15) is 5.82 Å². The standard InChI is InChI=1S/C10H12FN/c1-7-4-8-2-3-10(11)5-9(8)6-12-7/h2-3,5,7,12H,4,6H2,1H3/t7-/m1/s1. The van der Waals surface area contributed by atoms with Crippen molar-refractivity contribution < 1.29 is 4.39 Å². The molecular weight excluding hydrogens is 153 g/mol. The molecule has 0 saturated carbocycles. The maximum absolute atomic E-state index is 12.8. The van der Waals surface area contributed by atoms with Crippen LogP contribution in [0.5, 0.6) is 0 Å². The molecule has 2 heteroatoms. The number of nitrogens with one attached hydrogen (secondary N) is 1. The molecule has 0 aromatic heterocycles. The van der Waals surface area contributed by atoms with Crippen molar-refractivity contribution in [2.75, 3.05) is 0 Å². The van der Waals surface area contributed by atoms with Crippen LogP contribution in [-0.2, 0) is 13.0 Å². The summed E-state index contributed by atoms with van der Waals surface area (Å²) in [5.74, 6) is -0.134. The molecule has 0 bridgehead atoms. The van der Waals surface area contributed by atoms with E-state index in [1.807, 2.05) is 6.07 Å². The molecule has 1 atom stereocenters. The molecule has 1 heterocycles. The van der Waals surface area contributed by atoms with E-state index in [1.165, 1.54) is 11.6 Å². The number of benzene rings is 1. The van der Waals surface area contributed by atoms with Gasteiger partial charge in [0.2, 0.25) is 0 Å². The summed E-state index contributed by atoms with van der Waals surface area (Å²) in [6, 6.07) is 5.57. The van der Waals surface area contributed by atoms with Crippen LogP contribution in [0.4, 0.5) is 4.39 Å². The van der Waals surface area contributed by atoms with Crippen LogP contribution in [0.25, 0.3) is 0 Å². The lowest BCUT2D eigenvalue weighted by molar-refractivity contribution is 0.509. The number of halogens is 1. The maximum atomic E-state index is 12.8. The second kappa shape index (κ2) is 2.87. The highest BCUT2D eigenvalue weighted by Crippen LogP contribution is 2.17. The van der Waals surface area contributed by atoms with Crippen LogP contribution in [0, 0.1) is 5.82 Å². The van der Waals surface area contributed by atoms with E-state index in [2.05, 4.69) is 12.2 Å². The van der Waals surface area contributed by atoms with Gasteiger partial charge in [0, 0.05) is 12.6 Å².